The normalized spacial score (nSPS) is 14.6. The number of rotatable bonds is 5. The fourth-order valence-corrected chi connectivity index (χ4v) is 5.38. The minimum Gasteiger partial charge on any atom is -0.339 e. The molecule has 0 unspecified atom stereocenters. The molecule has 1 fully saturated rings. The van der Waals surface area contributed by atoms with Crippen molar-refractivity contribution in [2.24, 2.45) is 5.92 Å². The summed E-state index contributed by atoms with van der Waals surface area (Å²) in [6, 6.07) is 15.6. The quantitative estimate of drug-likeness (QED) is 0.401. The van der Waals surface area contributed by atoms with E-state index in [0.29, 0.717) is 31.5 Å². The number of likely N-dealkylation sites (tertiary alicyclic amines) is 1. The van der Waals surface area contributed by atoms with E-state index in [1.54, 1.807) is 17.5 Å². The number of pyridine rings is 1. The molecule has 1 aliphatic heterocycles. The number of piperidine rings is 1. The molecule has 0 radical (unpaired) electrons. The maximum Gasteiger partial charge on any atom is 0.254 e. The third kappa shape index (κ3) is 4.71. The number of benzene rings is 1. The number of amides is 2. The van der Waals surface area contributed by atoms with Crippen LogP contribution in [0.3, 0.4) is 0 Å². The van der Waals surface area contributed by atoms with E-state index < -0.39 is 0 Å². The average Bonchev–Trinajstić information content (AvgIpc) is 3.50. The predicted octanol–water partition coefficient (Wildman–Crippen LogP) is 5.54. The molecule has 0 spiro atoms. The molecule has 4 heterocycles. The van der Waals surface area contributed by atoms with Gasteiger partial charge in [-0.25, -0.2) is 9.67 Å². The van der Waals surface area contributed by atoms with Gasteiger partial charge in [0, 0.05) is 35.6 Å². The molecule has 7 nitrogen and oxygen atoms in total. The number of thiophene rings is 1. The van der Waals surface area contributed by atoms with Crippen LogP contribution in [0.1, 0.15) is 48.0 Å². The van der Waals surface area contributed by atoms with Crippen molar-refractivity contribution in [2.45, 2.75) is 39.7 Å². The summed E-state index contributed by atoms with van der Waals surface area (Å²) in [4.78, 5) is 35.4. The molecule has 0 bridgehead atoms. The summed E-state index contributed by atoms with van der Waals surface area (Å²) in [6.45, 7) is 7.27. The number of aryl methyl sites for hydroxylation is 1. The van der Waals surface area contributed by atoms with Gasteiger partial charge in [-0.05, 0) is 63.9 Å². The van der Waals surface area contributed by atoms with Crippen molar-refractivity contribution >= 4 is 39.9 Å². The van der Waals surface area contributed by atoms with Crippen LogP contribution in [-0.2, 0) is 4.79 Å². The number of carbonyl (C=O) groups is 2. The topological polar surface area (TPSA) is 80.1 Å². The van der Waals surface area contributed by atoms with E-state index >= 15 is 0 Å². The van der Waals surface area contributed by atoms with E-state index in [9.17, 15) is 9.59 Å². The molecule has 4 aromatic rings. The fraction of sp³-hybridized carbons (Fsp3) is 0.333. The van der Waals surface area contributed by atoms with Gasteiger partial charge < -0.3 is 10.2 Å². The van der Waals surface area contributed by atoms with E-state index in [4.69, 9.17) is 4.98 Å². The Morgan fingerprint density at radius 1 is 1.09 bits per heavy atom. The highest BCUT2D eigenvalue weighted by molar-refractivity contribution is 7.15. The van der Waals surface area contributed by atoms with Gasteiger partial charge in [0.2, 0.25) is 5.91 Å². The Bertz CT molecular complexity index is 1370. The van der Waals surface area contributed by atoms with Crippen molar-refractivity contribution in [1.29, 1.82) is 0 Å². The number of hydrogen-bond acceptors (Lipinski definition) is 5. The van der Waals surface area contributed by atoms with Crippen LogP contribution in [0.15, 0.2) is 54.7 Å². The minimum atomic E-state index is -0.106. The highest BCUT2D eigenvalue weighted by Gasteiger charge is 2.29. The van der Waals surface area contributed by atoms with Crippen molar-refractivity contribution in [3.05, 3.63) is 65.2 Å². The molecule has 180 valence electrons. The standard InChI is InChI=1S/C27H29N5O2S/c1-17(2)32-25-22(16-28-32)21(15-23(30-25)24-10-9-18(3)35-24)27(34)31-13-11-19(12-14-31)26(33)29-20-7-5-4-6-8-20/h4-10,15-17,19H,11-14H2,1-3H3,(H,29,33). The van der Waals surface area contributed by atoms with Crippen molar-refractivity contribution in [2.75, 3.05) is 18.4 Å². The lowest BCUT2D eigenvalue weighted by atomic mass is 9.95. The average molecular weight is 488 g/mol. The lowest BCUT2D eigenvalue weighted by molar-refractivity contribution is -0.121. The molecular weight excluding hydrogens is 458 g/mol. The number of fused-ring (bicyclic) bond motifs is 1. The summed E-state index contributed by atoms with van der Waals surface area (Å²) in [6.07, 6.45) is 3.03. The fourth-order valence-electron chi connectivity index (χ4n) is 4.55. The summed E-state index contributed by atoms with van der Waals surface area (Å²) < 4.78 is 1.87. The molecule has 0 aliphatic carbocycles. The third-order valence-corrected chi connectivity index (χ3v) is 7.50. The van der Waals surface area contributed by atoms with Gasteiger partial charge in [-0.2, -0.15) is 5.10 Å². The zero-order valence-corrected chi connectivity index (χ0v) is 21.0. The Hall–Kier alpha value is -3.52. The molecule has 0 saturated carbocycles. The molecule has 2 amide bonds. The van der Waals surface area contributed by atoms with E-state index in [1.807, 2.05) is 46.0 Å². The Labute approximate surface area is 208 Å². The first-order valence-corrected chi connectivity index (χ1v) is 12.8. The smallest absolute Gasteiger partial charge is 0.254 e. The first-order chi connectivity index (χ1) is 16.9. The minimum absolute atomic E-state index is 0.0168. The second-order valence-corrected chi connectivity index (χ2v) is 10.6. The van der Waals surface area contributed by atoms with Crippen LogP contribution in [-0.4, -0.2) is 44.6 Å². The number of para-hydroxylation sites is 1. The summed E-state index contributed by atoms with van der Waals surface area (Å²) in [5, 5.41) is 8.29. The van der Waals surface area contributed by atoms with Crippen LogP contribution >= 0.6 is 11.3 Å². The number of aromatic nitrogens is 3. The van der Waals surface area contributed by atoms with Crippen molar-refractivity contribution in [1.82, 2.24) is 19.7 Å². The molecule has 1 N–H and O–H groups in total. The molecule has 35 heavy (non-hydrogen) atoms. The zero-order chi connectivity index (χ0) is 24.5. The van der Waals surface area contributed by atoms with Gasteiger partial charge in [0.1, 0.15) is 0 Å². The van der Waals surface area contributed by atoms with Crippen molar-refractivity contribution < 1.29 is 9.59 Å². The van der Waals surface area contributed by atoms with Gasteiger partial charge in [0.05, 0.1) is 27.7 Å². The van der Waals surface area contributed by atoms with Gasteiger partial charge >= 0.3 is 0 Å². The van der Waals surface area contributed by atoms with Gasteiger partial charge in [-0.3, -0.25) is 9.59 Å². The number of anilines is 1. The van der Waals surface area contributed by atoms with Crippen LogP contribution < -0.4 is 5.32 Å². The second kappa shape index (κ2) is 9.62. The Balaban J connectivity index is 1.38. The number of nitrogens with one attached hydrogen (secondary N) is 1. The molecular formula is C27H29N5O2S. The predicted molar refractivity (Wildman–Crippen MR) is 140 cm³/mol. The summed E-state index contributed by atoms with van der Waals surface area (Å²) >= 11 is 1.66. The SMILES string of the molecule is Cc1ccc(-c2cc(C(=O)N3CCC(C(=O)Nc4ccccc4)CC3)c3cnn(C(C)C)c3n2)s1. The molecule has 8 heteroatoms. The highest BCUT2D eigenvalue weighted by Crippen LogP contribution is 2.32. The lowest BCUT2D eigenvalue weighted by Gasteiger charge is -2.31. The first-order valence-electron chi connectivity index (χ1n) is 12.0. The van der Waals surface area contributed by atoms with Crippen LogP contribution in [0.2, 0.25) is 0 Å². The highest BCUT2D eigenvalue weighted by atomic mass is 32.1. The Morgan fingerprint density at radius 3 is 2.49 bits per heavy atom. The summed E-state index contributed by atoms with van der Waals surface area (Å²) in [5.41, 5.74) is 2.94. The number of hydrogen-bond donors (Lipinski definition) is 1. The number of carbonyl (C=O) groups excluding carboxylic acids is 2. The molecule has 0 atom stereocenters. The summed E-state index contributed by atoms with van der Waals surface area (Å²) in [7, 11) is 0. The lowest BCUT2D eigenvalue weighted by Crippen LogP contribution is -2.41. The molecule has 5 rings (SSSR count). The van der Waals surface area contributed by atoms with Gasteiger partial charge in [0.25, 0.3) is 5.91 Å². The van der Waals surface area contributed by atoms with Gasteiger partial charge in [0.15, 0.2) is 5.65 Å². The summed E-state index contributed by atoms with van der Waals surface area (Å²) in [5.74, 6) is -0.120. The van der Waals surface area contributed by atoms with Crippen LogP contribution in [0.5, 0.6) is 0 Å². The van der Waals surface area contributed by atoms with Crippen LogP contribution in [0.25, 0.3) is 21.6 Å². The van der Waals surface area contributed by atoms with E-state index in [-0.39, 0.29) is 23.8 Å². The maximum absolute atomic E-state index is 13.7. The Morgan fingerprint density at radius 2 is 1.83 bits per heavy atom. The Kier molecular flexibility index (Phi) is 6.38. The molecule has 1 saturated heterocycles. The van der Waals surface area contributed by atoms with Gasteiger partial charge in [-0.15, -0.1) is 11.3 Å². The molecule has 1 aromatic carbocycles. The van der Waals surface area contributed by atoms with Crippen molar-refractivity contribution in [3.8, 4) is 10.6 Å². The van der Waals surface area contributed by atoms with Crippen LogP contribution in [0.4, 0.5) is 5.69 Å². The zero-order valence-electron chi connectivity index (χ0n) is 20.2. The number of nitrogens with zero attached hydrogens (tertiary/aromatic N) is 4. The van der Waals surface area contributed by atoms with Crippen molar-refractivity contribution in [3.63, 3.8) is 0 Å². The van der Waals surface area contributed by atoms with E-state index in [0.717, 1.165) is 27.3 Å². The van der Waals surface area contributed by atoms with Gasteiger partial charge in [-0.1, -0.05) is 18.2 Å². The van der Waals surface area contributed by atoms with E-state index in [2.05, 4.69) is 43.3 Å². The van der Waals surface area contributed by atoms with E-state index in [1.165, 1.54) is 4.88 Å². The molecule has 1 aliphatic rings. The first kappa shape index (κ1) is 23.2. The van der Waals surface area contributed by atoms with Crippen LogP contribution in [0, 0.1) is 12.8 Å². The maximum atomic E-state index is 13.7. The third-order valence-electron chi connectivity index (χ3n) is 6.47. The largest absolute Gasteiger partial charge is 0.339 e. The molecule has 3 aromatic heterocycles. The second-order valence-electron chi connectivity index (χ2n) is 9.31. The monoisotopic (exact) mass is 487 g/mol.